The molecule has 1 aliphatic rings. The van der Waals surface area contributed by atoms with Crippen molar-refractivity contribution in [3.63, 3.8) is 0 Å². The minimum Gasteiger partial charge on any atom is -0.478 e. The van der Waals surface area contributed by atoms with Crippen LogP contribution < -0.4 is 4.74 Å². The Bertz CT molecular complexity index is 983. The summed E-state index contributed by atoms with van der Waals surface area (Å²) >= 11 is 0. The molecule has 0 amide bonds. The van der Waals surface area contributed by atoms with Crippen molar-refractivity contribution in [2.75, 3.05) is 6.61 Å². The number of ether oxygens (including phenoxy) is 1. The molecule has 3 rings (SSSR count). The number of unbranched alkanes of at least 4 members (excludes halogenated alkanes) is 1. The van der Waals surface area contributed by atoms with Crippen LogP contribution in [0.1, 0.15) is 66.1 Å². The zero-order valence-electron chi connectivity index (χ0n) is 16.4. The molecule has 4 nitrogen and oxygen atoms in total. The lowest BCUT2D eigenvalue weighted by Gasteiger charge is -2.16. The van der Waals surface area contributed by atoms with Gasteiger partial charge in [0.2, 0.25) is 5.88 Å². The first-order valence-corrected chi connectivity index (χ1v) is 9.67. The lowest BCUT2D eigenvalue weighted by atomic mass is 9.95. The number of aromatic nitrogens is 1. The predicted molar refractivity (Wildman–Crippen MR) is 104 cm³/mol. The summed E-state index contributed by atoms with van der Waals surface area (Å²) < 4.78 is 59.5. The number of carbonyl (C=O) groups is 1. The van der Waals surface area contributed by atoms with Crippen LogP contribution in [0.15, 0.2) is 30.5 Å². The first-order chi connectivity index (χ1) is 14.2. The van der Waals surface area contributed by atoms with E-state index in [4.69, 9.17) is 4.74 Å². The molecule has 0 spiro atoms. The van der Waals surface area contributed by atoms with Crippen molar-refractivity contribution in [1.82, 2.24) is 4.98 Å². The molecule has 0 saturated carbocycles. The molecule has 1 heterocycles. The van der Waals surface area contributed by atoms with Crippen LogP contribution in [0.2, 0.25) is 0 Å². The van der Waals surface area contributed by atoms with Crippen molar-refractivity contribution in [3.05, 3.63) is 58.5 Å². The second-order valence-corrected chi connectivity index (χ2v) is 7.12. The van der Waals surface area contributed by atoms with E-state index < -0.39 is 23.5 Å². The molecule has 1 N–H and O–H groups in total. The van der Waals surface area contributed by atoms with Gasteiger partial charge in [-0.15, -0.1) is 0 Å². The third-order valence-electron chi connectivity index (χ3n) is 4.95. The van der Waals surface area contributed by atoms with Gasteiger partial charge in [0.15, 0.2) is 0 Å². The number of carboxylic acid groups (broad SMARTS) is 1. The molecule has 0 atom stereocenters. The maximum atomic E-state index is 14.0. The van der Waals surface area contributed by atoms with Crippen molar-refractivity contribution in [2.45, 2.75) is 45.2 Å². The Morgan fingerprint density at radius 3 is 2.57 bits per heavy atom. The highest BCUT2D eigenvalue weighted by Crippen LogP contribution is 2.44. The first kappa shape index (κ1) is 21.8. The second-order valence-electron chi connectivity index (χ2n) is 7.12. The number of benzene rings is 1. The van der Waals surface area contributed by atoms with Gasteiger partial charge in [0.25, 0.3) is 0 Å². The smallest absolute Gasteiger partial charge is 0.417 e. The number of hydrogen-bond acceptors (Lipinski definition) is 3. The molecule has 1 aromatic carbocycles. The SMILES string of the molecule is CCCCOc1ncc(C(F)(F)F)cc1C1=C(c2cc(F)cc(C(=O)O)c2)CCC1. The van der Waals surface area contributed by atoms with Crippen LogP contribution in [0, 0.1) is 5.82 Å². The van der Waals surface area contributed by atoms with Crippen molar-refractivity contribution in [2.24, 2.45) is 0 Å². The fourth-order valence-corrected chi connectivity index (χ4v) is 3.50. The Hall–Kier alpha value is -2.90. The van der Waals surface area contributed by atoms with Crippen LogP contribution in [-0.2, 0) is 6.18 Å². The maximum absolute atomic E-state index is 14.0. The average molecular weight is 423 g/mol. The largest absolute Gasteiger partial charge is 0.478 e. The number of alkyl halides is 3. The lowest BCUT2D eigenvalue weighted by molar-refractivity contribution is -0.137. The van der Waals surface area contributed by atoms with E-state index in [2.05, 4.69) is 4.98 Å². The van der Waals surface area contributed by atoms with Gasteiger partial charge in [-0.1, -0.05) is 13.3 Å². The van der Waals surface area contributed by atoms with Gasteiger partial charge in [-0.3, -0.25) is 0 Å². The van der Waals surface area contributed by atoms with Gasteiger partial charge >= 0.3 is 12.1 Å². The molecule has 1 aromatic heterocycles. The van der Waals surface area contributed by atoms with Crippen LogP contribution in [0.5, 0.6) is 5.88 Å². The third kappa shape index (κ3) is 4.80. The quantitative estimate of drug-likeness (QED) is 0.425. The van der Waals surface area contributed by atoms with Crippen LogP contribution in [0.3, 0.4) is 0 Å². The second kappa shape index (κ2) is 8.85. The van der Waals surface area contributed by atoms with Crippen LogP contribution in [-0.4, -0.2) is 22.7 Å². The normalized spacial score (nSPS) is 14.3. The van der Waals surface area contributed by atoms with Crippen molar-refractivity contribution in [1.29, 1.82) is 0 Å². The number of allylic oxidation sites excluding steroid dienone is 2. The number of aromatic carboxylic acids is 1. The zero-order chi connectivity index (χ0) is 21.9. The topological polar surface area (TPSA) is 59.4 Å². The molecule has 0 radical (unpaired) electrons. The summed E-state index contributed by atoms with van der Waals surface area (Å²) in [5, 5.41) is 9.21. The molecule has 0 bridgehead atoms. The van der Waals surface area contributed by atoms with Gasteiger partial charge in [0, 0.05) is 11.8 Å². The summed E-state index contributed by atoms with van der Waals surface area (Å²) in [6.45, 7) is 2.28. The van der Waals surface area contributed by atoms with Crippen molar-refractivity contribution < 1.29 is 32.2 Å². The Morgan fingerprint density at radius 1 is 1.17 bits per heavy atom. The van der Waals surface area contributed by atoms with Gasteiger partial charge in [-0.25, -0.2) is 14.2 Å². The highest BCUT2D eigenvalue weighted by atomic mass is 19.4. The van der Waals surface area contributed by atoms with Gasteiger partial charge in [-0.2, -0.15) is 13.2 Å². The molecule has 2 aromatic rings. The molecule has 0 fully saturated rings. The van der Waals surface area contributed by atoms with Crippen molar-refractivity contribution in [3.8, 4) is 5.88 Å². The summed E-state index contributed by atoms with van der Waals surface area (Å²) in [6, 6.07) is 4.45. The Labute approximate surface area is 171 Å². The number of halogens is 4. The molecule has 30 heavy (non-hydrogen) atoms. The fraction of sp³-hybridized carbons (Fsp3) is 0.364. The third-order valence-corrected chi connectivity index (χ3v) is 4.95. The summed E-state index contributed by atoms with van der Waals surface area (Å²) in [4.78, 5) is 15.2. The van der Waals surface area contributed by atoms with Gasteiger partial charge in [0.05, 0.1) is 17.7 Å². The molecular weight excluding hydrogens is 402 g/mol. The molecule has 0 aliphatic heterocycles. The van der Waals surface area contributed by atoms with Crippen LogP contribution >= 0.6 is 0 Å². The number of carboxylic acids is 1. The standard InChI is InChI=1S/C22H21F4NO3/c1-2-3-7-30-20-19(11-15(12-27-20)22(24,25)26)18-6-4-5-17(18)13-8-14(21(28)29)10-16(23)9-13/h8-12H,2-7H2,1H3,(H,28,29). The van der Waals surface area contributed by atoms with E-state index in [-0.39, 0.29) is 17.0 Å². The number of nitrogens with zero attached hydrogens (tertiary/aromatic N) is 1. The Morgan fingerprint density at radius 2 is 1.90 bits per heavy atom. The van der Waals surface area contributed by atoms with Gasteiger partial charge in [0.1, 0.15) is 5.82 Å². The summed E-state index contributed by atoms with van der Waals surface area (Å²) in [6.07, 6.45) is -0.660. The summed E-state index contributed by atoms with van der Waals surface area (Å²) in [7, 11) is 0. The van der Waals surface area contributed by atoms with E-state index in [0.29, 0.717) is 42.6 Å². The molecular formula is C22H21F4NO3. The van der Waals surface area contributed by atoms with E-state index >= 15 is 0 Å². The lowest BCUT2D eigenvalue weighted by Crippen LogP contribution is -2.09. The molecule has 1 aliphatic carbocycles. The summed E-state index contributed by atoms with van der Waals surface area (Å²) in [5.41, 5.74) is 0.627. The van der Waals surface area contributed by atoms with E-state index in [1.165, 1.54) is 12.1 Å². The first-order valence-electron chi connectivity index (χ1n) is 9.67. The highest BCUT2D eigenvalue weighted by molar-refractivity contribution is 5.96. The van der Waals surface area contributed by atoms with E-state index in [0.717, 1.165) is 31.2 Å². The Balaban J connectivity index is 2.14. The summed E-state index contributed by atoms with van der Waals surface area (Å²) in [5.74, 6) is -1.90. The van der Waals surface area contributed by atoms with Crippen molar-refractivity contribution >= 4 is 17.1 Å². The number of rotatable bonds is 7. The predicted octanol–water partition coefficient (Wildman–Crippen LogP) is 6.21. The van der Waals surface area contributed by atoms with Gasteiger partial charge < -0.3 is 9.84 Å². The minimum absolute atomic E-state index is 0.0979. The number of hydrogen-bond donors (Lipinski definition) is 1. The minimum atomic E-state index is -4.57. The van der Waals surface area contributed by atoms with E-state index in [9.17, 15) is 27.5 Å². The van der Waals surface area contributed by atoms with Crippen LogP contribution in [0.25, 0.3) is 11.1 Å². The monoisotopic (exact) mass is 423 g/mol. The highest BCUT2D eigenvalue weighted by Gasteiger charge is 2.33. The molecule has 0 unspecified atom stereocenters. The van der Waals surface area contributed by atoms with E-state index in [1.54, 1.807) is 0 Å². The fourth-order valence-electron chi connectivity index (χ4n) is 3.50. The molecule has 160 valence electrons. The average Bonchev–Trinajstić information content (AvgIpc) is 3.16. The molecule has 8 heteroatoms. The molecule has 0 saturated heterocycles. The number of pyridine rings is 1. The zero-order valence-corrected chi connectivity index (χ0v) is 16.4. The van der Waals surface area contributed by atoms with Crippen LogP contribution in [0.4, 0.5) is 17.6 Å². The Kier molecular flexibility index (Phi) is 6.43. The van der Waals surface area contributed by atoms with Gasteiger partial charge in [-0.05, 0) is 66.7 Å². The van der Waals surface area contributed by atoms with E-state index in [1.807, 2.05) is 6.92 Å². The maximum Gasteiger partial charge on any atom is 0.417 e.